The van der Waals surface area contributed by atoms with Crippen molar-refractivity contribution in [3.05, 3.63) is 35.7 Å². The number of rotatable bonds is 3. The van der Waals surface area contributed by atoms with Crippen LogP contribution < -0.4 is 0 Å². The van der Waals surface area contributed by atoms with E-state index in [-0.39, 0.29) is 12.4 Å². The Kier molecular flexibility index (Phi) is 3.08. The maximum atomic E-state index is 12.5. The molecule has 0 radical (unpaired) electrons. The lowest BCUT2D eigenvalue weighted by Gasteiger charge is -2.05. The molecule has 0 fully saturated rings. The molecule has 0 saturated carbocycles. The maximum Gasteiger partial charge on any atom is 0.416 e. The number of aromatic amines is 1. The number of hydrogen-bond acceptors (Lipinski definition) is 6. The van der Waals surface area contributed by atoms with Crippen LogP contribution in [0.1, 0.15) is 11.4 Å². The minimum atomic E-state index is -4.37. The van der Waals surface area contributed by atoms with Crippen LogP contribution in [-0.4, -0.2) is 40.8 Å². The van der Waals surface area contributed by atoms with E-state index in [1.165, 1.54) is 16.9 Å². The van der Waals surface area contributed by atoms with E-state index in [1.54, 1.807) is 0 Å². The van der Waals surface area contributed by atoms with Crippen molar-refractivity contribution in [1.82, 2.24) is 40.8 Å². The first kappa shape index (κ1) is 13.1. The first-order valence-electron chi connectivity index (χ1n) is 5.70. The number of nitrogens with one attached hydrogen (secondary N) is 1. The van der Waals surface area contributed by atoms with E-state index in [4.69, 9.17) is 0 Å². The fourth-order valence-corrected chi connectivity index (χ4v) is 1.61. The molecule has 21 heavy (non-hydrogen) atoms. The van der Waals surface area contributed by atoms with Crippen LogP contribution in [0, 0.1) is 0 Å². The van der Waals surface area contributed by atoms with E-state index in [9.17, 15) is 13.2 Å². The van der Waals surface area contributed by atoms with Gasteiger partial charge in [-0.1, -0.05) is 17.3 Å². The van der Waals surface area contributed by atoms with Crippen LogP contribution in [0.3, 0.4) is 0 Å². The molecule has 1 N–H and O–H groups in total. The van der Waals surface area contributed by atoms with Gasteiger partial charge in [-0.3, -0.25) is 0 Å². The average molecular weight is 296 g/mol. The van der Waals surface area contributed by atoms with E-state index in [0.29, 0.717) is 11.4 Å². The van der Waals surface area contributed by atoms with Gasteiger partial charge in [0.2, 0.25) is 5.82 Å². The summed E-state index contributed by atoms with van der Waals surface area (Å²) in [6.45, 7) is 0.157. The molecule has 3 aromatic rings. The van der Waals surface area contributed by atoms with Crippen molar-refractivity contribution >= 4 is 0 Å². The monoisotopic (exact) mass is 296 g/mol. The summed E-state index contributed by atoms with van der Waals surface area (Å²) in [5.74, 6) is 0.582. The molecule has 0 bridgehead atoms. The molecule has 0 atom stereocenters. The lowest BCUT2D eigenvalue weighted by molar-refractivity contribution is -0.137. The minimum Gasteiger partial charge on any atom is -0.177 e. The summed E-state index contributed by atoms with van der Waals surface area (Å²) in [6, 6.07) is 4.52. The lowest BCUT2D eigenvalue weighted by Crippen LogP contribution is -2.05. The third-order valence-corrected chi connectivity index (χ3v) is 2.60. The molecule has 108 valence electrons. The van der Waals surface area contributed by atoms with Gasteiger partial charge in [-0.05, 0) is 17.3 Å². The number of benzene rings is 1. The Hall–Kier alpha value is -2.85. The van der Waals surface area contributed by atoms with Crippen molar-refractivity contribution in [3.8, 4) is 11.4 Å². The number of nitrogens with zero attached hydrogens (tertiary/aromatic N) is 7. The molecule has 11 heteroatoms. The number of halogens is 3. The number of tetrazole rings is 2. The van der Waals surface area contributed by atoms with Crippen molar-refractivity contribution in [2.45, 2.75) is 12.7 Å². The summed E-state index contributed by atoms with van der Waals surface area (Å²) >= 11 is 0. The first-order chi connectivity index (χ1) is 10.0. The Balaban J connectivity index is 1.80. The zero-order valence-corrected chi connectivity index (χ0v) is 10.3. The highest BCUT2D eigenvalue weighted by Crippen LogP contribution is 2.30. The number of alkyl halides is 3. The van der Waals surface area contributed by atoms with E-state index in [2.05, 4.69) is 36.0 Å². The van der Waals surface area contributed by atoms with Gasteiger partial charge < -0.3 is 0 Å². The molecule has 0 aliphatic rings. The van der Waals surface area contributed by atoms with Crippen LogP contribution in [0.5, 0.6) is 0 Å². The summed E-state index contributed by atoms with van der Waals surface area (Å²) in [6.07, 6.45) is -4.37. The topological polar surface area (TPSA) is 98.1 Å². The van der Waals surface area contributed by atoms with Gasteiger partial charge in [-0.2, -0.15) is 23.2 Å². The molecule has 2 aromatic heterocycles. The molecule has 0 saturated heterocycles. The highest BCUT2D eigenvalue weighted by atomic mass is 19.4. The fourth-order valence-electron chi connectivity index (χ4n) is 1.61. The van der Waals surface area contributed by atoms with Crippen molar-refractivity contribution in [2.24, 2.45) is 0 Å². The van der Waals surface area contributed by atoms with Gasteiger partial charge in [0, 0.05) is 5.56 Å². The number of hydrogen-bond donors (Lipinski definition) is 1. The first-order valence-corrected chi connectivity index (χ1v) is 5.70. The SMILES string of the molecule is FC(F)(F)c1ccc(-c2nnn(Cc3nn[nH]n3)n2)cc1. The summed E-state index contributed by atoms with van der Waals surface area (Å²) < 4.78 is 37.4. The lowest BCUT2D eigenvalue weighted by atomic mass is 10.1. The van der Waals surface area contributed by atoms with Crippen molar-refractivity contribution in [3.63, 3.8) is 0 Å². The van der Waals surface area contributed by atoms with Crippen LogP contribution in [-0.2, 0) is 12.7 Å². The van der Waals surface area contributed by atoms with Crippen LogP contribution in [0.25, 0.3) is 11.4 Å². The quantitative estimate of drug-likeness (QED) is 0.771. The van der Waals surface area contributed by atoms with Gasteiger partial charge >= 0.3 is 6.18 Å². The van der Waals surface area contributed by atoms with Crippen molar-refractivity contribution < 1.29 is 13.2 Å². The second kappa shape index (κ2) is 4.92. The Morgan fingerprint density at radius 1 is 1.10 bits per heavy atom. The third-order valence-electron chi connectivity index (χ3n) is 2.60. The molecule has 0 aliphatic carbocycles. The van der Waals surface area contributed by atoms with Crippen molar-refractivity contribution in [2.75, 3.05) is 0 Å². The summed E-state index contributed by atoms with van der Waals surface area (Å²) in [5, 5.41) is 24.7. The molecule has 0 amide bonds. The molecule has 8 nitrogen and oxygen atoms in total. The van der Waals surface area contributed by atoms with Crippen LogP contribution in [0.2, 0.25) is 0 Å². The van der Waals surface area contributed by atoms with Gasteiger partial charge in [-0.25, -0.2) is 0 Å². The Bertz CT molecular complexity index is 716. The molecule has 0 aliphatic heterocycles. The minimum absolute atomic E-state index is 0.157. The molecular formula is C10H7F3N8. The molecule has 1 aromatic carbocycles. The summed E-state index contributed by atoms with van der Waals surface area (Å²) in [7, 11) is 0. The Labute approximate surface area is 115 Å². The van der Waals surface area contributed by atoms with Gasteiger partial charge in [0.25, 0.3) is 0 Å². The van der Waals surface area contributed by atoms with E-state index >= 15 is 0 Å². The molecule has 2 heterocycles. The highest BCUT2D eigenvalue weighted by molar-refractivity contribution is 5.54. The second-order valence-electron chi connectivity index (χ2n) is 4.05. The molecule has 0 unspecified atom stereocenters. The normalized spacial score (nSPS) is 11.8. The largest absolute Gasteiger partial charge is 0.416 e. The van der Waals surface area contributed by atoms with Crippen LogP contribution in [0.15, 0.2) is 24.3 Å². The molecular weight excluding hydrogens is 289 g/mol. The van der Waals surface area contributed by atoms with Crippen LogP contribution in [0.4, 0.5) is 13.2 Å². The predicted octanol–water partition coefficient (Wildman–Crippen LogP) is 0.920. The average Bonchev–Trinajstić information content (AvgIpc) is 3.10. The van der Waals surface area contributed by atoms with E-state index in [0.717, 1.165) is 12.1 Å². The van der Waals surface area contributed by atoms with Crippen molar-refractivity contribution in [1.29, 1.82) is 0 Å². The number of aromatic nitrogens is 8. The number of H-pyrrole nitrogens is 1. The molecule has 0 spiro atoms. The highest BCUT2D eigenvalue weighted by Gasteiger charge is 2.30. The molecule has 3 rings (SSSR count). The summed E-state index contributed by atoms with van der Waals surface area (Å²) in [4.78, 5) is 1.22. The van der Waals surface area contributed by atoms with E-state index < -0.39 is 11.7 Å². The zero-order valence-electron chi connectivity index (χ0n) is 10.3. The Morgan fingerprint density at radius 3 is 2.48 bits per heavy atom. The van der Waals surface area contributed by atoms with Gasteiger partial charge in [0.15, 0.2) is 5.82 Å². The fraction of sp³-hybridized carbons (Fsp3) is 0.200. The predicted molar refractivity (Wildman–Crippen MR) is 61.5 cm³/mol. The maximum absolute atomic E-state index is 12.5. The van der Waals surface area contributed by atoms with Gasteiger partial charge in [0.1, 0.15) is 6.54 Å². The van der Waals surface area contributed by atoms with Crippen LogP contribution >= 0.6 is 0 Å². The van der Waals surface area contributed by atoms with E-state index in [1.807, 2.05) is 0 Å². The zero-order chi connectivity index (χ0) is 14.9. The smallest absolute Gasteiger partial charge is 0.177 e. The van der Waals surface area contributed by atoms with Gasteiger partial charge in [-0.15, -0.1) is 20.4 Å². The third kappa shape index (κ3) is 2.85. The second-order valence-corrected chi connectivity index (χ2v) is 4.05. The van der Waals surface area contributed by atoms with Gasteiger partial charge in [0.05, 0.1) is 5.56 Å². The standard InChI is InChI=1S/C10H7F3N8/c11-10(12,13)7-3-1-6(2-4-7)9-16-20-21(17-9)5-8-14-18-19-15-8/h1-4H,5H2,(H,14,15,18,19). The Morgan fingerprint density at radius 2 is 1.86 bits per heavy atom. The summed E-state index contributed by atoms with van der Waals surface area (Å²) in [5.41, 5.74) is -0.298.